The Hall–Kier alpha value is -1.71. The fourth-order valence-corrected chi connectivity index (χ4v) is 1.77. The summed E-state index contributed by atoms with van der Waals surface area (Å²) in [5, 5.41) is 9.04. The standard InChI is InChI=1S/C13H16O4/c1-16-10-4-6-11(7-5-10)17-8-12(13(14)15)9-2-3-9/h4-7,9,12H,2-3,8H2,1H3,(H,14,15). The van der Waals surface area contributed by atoms with Crippen molar-refractivity contribution >= 4 is 5.97 Å². The highest BCUT2D eigenvalue weighted by molar-refractivity contribution is 5.71. The summed E-state index contributed by atoms with van der Waals surface area (Å²) in [6.07, 6.45) is 2.01. The molecule has 17 heavy (non-hydrogen) atoms. The van der Waals surface area contributed by atoms with Gasteiger partial charge in [-0.1, -0.05) is 0 Å². The number of hydrogen-bond acceptors (Lipinski definition) is 3. The molecule has 1 N–H and O–H groups in total. The Morgan fingerprint density at radius 3 is 2.41 bits per heavy atom. The number of hydrogen-bond donors (Lipinski definition) is 1. The van der Waals surface area contributed by atoms with Gasteiger partial charge in [0.15, 0.2) is 0 Å². The highest BCUT2D eigenvalue weighted by Gasteiger charge is 2.36. The zero-order valence-electron chi connectivity index (χ0n) is 9.76. The van der Waals surface area contributed by atoms with Crippen molar-refractivity contribution in [2.24, 2.45) is 11.8 Å². The van der Waals surface area contributed by atoms with Gasteiger partial charge in [-0.15, -0.1) is 0 Å². The van der Waals surface area contributed by atoms with Gasteiger partial charge in [-0.3, -0.25) is 4.79 Å². The van der Waals surface area contributed by atoms with Gasteiger partial charge in [0.05, 0.1) is 13.0 Å². The van der Waals surface area contributed by atoms with E-state index >= 15 is 0 Å². The van der Waals surface area contributed by atoms with Crippen molar-refractivity contribution in [2.45, 2.75) is 12.8 Å². The van der Waals surface area contributed by atoms with Gasteiger partial charge in [0.1, 0.15) is 18.1 Å². The predicted octanol–water partition coefficient (Wildman–Crippen LogP) is 2.18. The molecular weight excluding hydrogens is 220 g/mol. The molecule has 0 amide bonds. The fraction of sp³-hybridized carbons (Fsp3) is 0.462. The maximum atomic E-state index is 11.0. The van der Waals surface area contributed by atoms with Crippen molar-refractivity contribution in [2.75, 3.05) is 13.7 Å². The number of ether oxygens (including phenoxy) is 2. The molecule has 0 spiro atoms. The summed E-state index contributed by atoms with van der Waals surface area (Å²) in [5.41, 5.74) is 0. The van der Waals surface area contributed by atoms with Crippen LogP contribution in [0.3, 0.4) is 0 Å². The number of rotatable bonds is 6. The zero-order valence-corrected chi connectivity index (χ0v) is 9.76. The van der Waals surface area contributed by atoms with Gasteiger partial charge in [-0.05, 0) is 43.0 Å². The molecule has 4 heteroatoms. The number of carboxylic acids is 1. The molecule has 4 nitrogen and oxygen atoms in total. The summed E-state index contributed by atoms with van der Waals surface area (Å²) in [6, 6.07) is 7.15. The van der Waals surface area contributed by atoms with E-state index < -0.39 is 5.97 Å². The van der Waals surface area contributed by atoms with Crippen molar-refractivity contribution in [3.63, 3.8) is 0 Å². The third kappa shape index (κ3) is 3.12. The molecule has 1 unspecified atom stereocenters. The van der Waals surface area contributed by atoms with E-state index in [1.165, 1.54) is 0 Å². The molecule has 1 saturated carbocycles. The first kappa shape index (κ1) is 11.8. The molecule has 1 aromatic rings. The van der Waals surface area contributed by atoms with Crippen LogP contribution in [0.2, 0.25) is 0 Å². The van der Waals surface area contributed by atoms with Crippen LogP contribution in [0, 0.1) is 11.8 Å². The topological polar surface area (TPSA) is 55.8 Å². The average molecular weight is 236 g/mol. The third-order valence-corrected chi connectivity index (χ3v) is 3.00. The van der Waals surface area contributed by atoms with Crippen LogP contribution >= 0.6 is 0 Å². The first-order valence-corrected chi connectivity index (χ1v) is 5.70. The van der Waals surface area contributed by atoms with Crippen LogP contribution in [-0.4, -0.2) is 24.8 Å². The monoisotopic (exact) mass is 236 g/mol. The van der Waals surface area contributed by atoms with Crippen LogP contribution in [0.1, 0.15) is 12.8 Å². The Balaban J connectivity index is 1.89. The molecule has 0 saturated heterocycles. The zero-order chi connectivity index (χ0) is 12.3. The predicted molar refractivity (Wildman–Crippen MR) is 62.3 cm³/mol. The van der Waals surface area contributed by atoms with E-state index in [4.69, 9.17) is 14.6 Å². The average Bonchev–Trinajstić information content (AvgIpc) is 3.14. The molecule has 1 aliphatic rings. The van der Waals surface area contributed by atoms with E-state index in [0.717, 1.165) is 18.6 Å². The minimum atomic E-state index is -0.763. The highest BCUT2D eigenvalue weighted by Crippen LogP contribution is 2.37. The molecule has 0 heterocycles. The Kier molecular flexibility index (Phi) is 3.52. The molecule has 0 aliphatic heterocycles. The molecule has 1 atom stereocenters. The summed E-state index contributed by atoms with van der Waals surface area (Å²) >= 11 is 0. The van der Waals surface area contributed by atoms with Crippen molar-refractivity contribution in [1.82, 2.24) is 0 Å². The van der Waals surface area contributed by atoms with Crippen LogP contribution in [0.15, 0.2) is 24.3 Å². The Bertz CT molecular complexity index is 381. The van der Waals surface area contributed by atoms with E-state index in [1.807, 2.05) is 0 Å². The number of methoxy groups -OCH3 is 1. The van der Waals surface area contributed by atoms with Gasteiger partial charge in [-0.2, -0.15) is 0 Å². The molecule has 0 aromatic heterocycles. The van der Waals surface area contributed by atoms with Crippen molar-refractivity contribution in [3.8, 4) is 11.5 Å². The number of carbonyl (C=O) groups is 1. The summed E-state index contributed by atoms with van der Waals surface area (Å²) in [6.45, 7) is 0.242. The lowest BCUT2D eigenvalue weighted by molar-refractivity contribution is -0.143. The smallest absolute Gasteiger partial charge is 0.310 e. The second-order valence-electron chi connectivity index (χ2n) is 4.27. The van der Waals surface area contributed by atoms with Gasteiger partial charge in [0.2, 0.25) is 0 Å². The molecule has 0 radical (unpaired) electrons. The van der Waals surface area contributed by atoms with E-state index in [0.29, 0.717) is 11.7 Å². The first-order valence-electron chi connectivity index (χ1n) is 5.70. The van der Waals surface area contributed by atoms with Gasteiger partial charge in [0.25, 0.3) is 0 Å². The SMILES string of the molecule is COc1ccc(OCC(C(=O)O)C2CC2)cc1. The second-order valence-corrected chi connectivity index (χ2v) is 4.27. The minimum absolute atomic E-state index is 0.242. The lowest BCUT2D eigenvalue weighted by Gasteiger charge is -2.12. The van der Waals surface area contributed by atoms with Crippen molar-refractivity contribution < 1.29 is 19.4 Å². The highest BCUT2D eigenvalue weighted by atomic mass is 16.5. The molecule has 1 fully saturated rings. The van der Waals surface area contributed by atoms with Crippen LogP contribution < -0.4 is 9.47 Å². The molecule has 92 valence electrons. The van der Waals surface area contributed by atoms with Gasteiger partial charge < -0.3 is 14.6 Å². The lowest BCUT2D eigenvalue weighted by atomic mass is 10.1. The van der Waals surface area contributed by atoms with Crippen LogP contribution in [0.5, 0.6) is 11.5 Å². The number of aliphatic carboxylic acids is 1. The molecule has 1 aliphatic carbocycles. The summed E-state index contributed by atoms with van der Waals surface area (Å²) in [7, 11) is 1.60. The molecular formula is C13H16O4. The first-order chi connectivity index (χ1) is 8.20. The Morgan fingerprint density at radius 1 is 1.35 bits per heavy atom. The van der Waals surface area contributed by atoms with E-state index in [2.05, 4.69) is 0 Å². The largest absolute Gasteiger partial charge is 0.497 e. The number of benzene rings is 1. The van der Waals surface area contributed by atoms with E-state index in [9.17, 15) is 4.79 Å². The summed E-state index contributed by atoms with van der Waals surface area (Å²) in [4.78, 5) is 11.0. The van der Waals surface area contributed by atoms with Gasteiger partial charge in [-0.25, -0.2) is 0 Å². The quantitative estimate of drug-likeness (QED) is 0.822. The maximum Gasteiger partial charge on any atom is 0.310 e. The van der Waals surface area contributed by atoms with Crippen LogP contribution in [-0.2, 0) is 4.79 Å². The second kappa shape index (κ2) is 5.08. The Morgan fingerprint density at radius 2 is 1.94 bits per heavy atom. The third-order valence-electron chi connectivity index (χ3n) is 3.00. The maximum absolute atomic E-state index is 11.0. The van der Waals surface area contributed by atoms with Crippen molar-refractivity contribution in [1.29, 1.82) is 0 Å². The molecule has 1 aromatic carbocycles. The number of carboxylic acid groups (broad SMARTS) is 1. The van der Waals surface area contributed by atoms with Crippen LogP contribution in [0.4, 0.5) is 0 Å². The van der Waals surface area contributed by atoms with Crippen LogP contribution in [0.25, 0.3) is 0 Å². The Labute approximate surface area is 100 Å². The van der Waals surface area contributed by atoms with Crippen molar-refractivity contribution in [3.05, 3.63) is 24.3 Å². The summed E-state index contributed by atoms with van der Waals surface area (Å²) in [5.74, 6) is 0.593. The normalized spacial score (nSPS) is 16.3. The lowest BCUT2D eigenvalue weighted by Crippen LogP contribution is -2.23. The van der Waals surface area contributed by atoms with Gasteiger partial charge >= 0.3 is 5.97 Å². The van der Waals surface area contributed by atoms with E-state index in [1.54, 1.807) is 31.4 Å². The summed E-state index contributed by atoms with van der Waals surface area (Å²) < 4.78 is 10.5. The fourth-order valence-electron chi connectivity index (χ4n) is 1.77. The van der Waals surface area contributed by atoms with Gasteiger partial charge in [0, 0.05) is 0 Å². The molecule has 2 rings (SSSR count). The molecule has 0 bridgehead atoms. The van der Waals surface area contributed by atoms with E-state index in [-0.39, 0.29) is 12.5 Å². The minimum Gasteiger partial charge on any atom is -0.497 e.